The Labute approximate surface area is 162 Å². The molecule has 0 radical (unpaired) electrons. The van der Waals surface area contributed by atoms with E-state index in [0.29, 0.717) is 28.4 Å². The van der Waals surface area contributed by atoms with Gasteiger partial charge in [0.1, 0.15) is 17.1 Å². The molecule has 4 rings (SSSR count). The van der Waals surface area contributed by atoms with Gasteiger partial charge in [-0.25, -0.2) is 4.79 Å². The lowest BCUT2D eigenvalue weighted by Gasteiger charge is -2.30. The minimum atomic E-state index is -0.433. The van der Waals surface area contributed by atoms with E-state index in [4.69, 9.17) is 13.9 Å². The molecule has 3 aromatic rings. The largest absolute Gasteiger partial charge is 0.497 e. The number of hydrogen-bond acceptors (Lipinski definition) is 5. The summed E-state index contributed by atoms with van der Waals surface area (Å²) < 4.78 is 16.3. The molecule has 1 amide bonds. The summed E-state index contributed by atoms with van der Waals surface area (Å²) in [5.41, 5.74) is -0.00357. The third-order valence-electron chi connectivity index (χ3n) is 5.26. The van der Waals surface area contributed by atoms with Crippen molar-refractivity contribution in [2.75, 3.05) is 26.8 Å². The molecular weight excluding hydrogens is 358 g/mol. The van der Waals surface area contributed by atoms with Gasteiger partial charge < -0.3 is 18.8 Å². The van der Waals surface area contributed by atoms with Crippen molar-refractivity contribution in [1.29, 1.82) is 0 Å². The Balaban J connectivity index is 1.57. The van der Waals surface area contributed by atoms with Crippen molar-refractivity contribution in [2.45, 2.75) is 19.8 Å². The van der Waals surface area contributed by atoms with Crippen molar-refractivity contribution < 1.29 is 18.7 Å². The molecule has 0 unspecified atom stereocenters. The molecule has 0 saturated carbocycles. The number of fused-ring (bicyclic) bond motifs is 3. The predicted octanol–water partition coefficient (Wildman–Crippen LogP) is 3.59. The second-order valence-electron chi connectivity index (χ2n) is 7.33. The first-order valence-electron chi connectivity index (χ1n) is 9.50. The predicted molar refractivity (Wildman–Crippen MR) is 107 cm³/mol. The van der Waals surface area contributed by atoms with Crippen LogP contribution in [0, 0.1) is 5.92 Å². The van der Waals surface area contributed by atoms with E-state index < -0.39 is 5.63 Å². The van der Waals surface area contributed by atoms with E-state index in [2.05, 4.69) is 6.92 Å². The van der Waals surface area contributed by atoms with Crippen LogP contribution in [-0.4, -0.2) is 37.6 Å². The second kappa shape index (κ2) is 7.54. The highest BCUT2D eigenvalue weighted by molar-refractivity contribution is 6.04. The molecule has 1 saturated heterocycles. The Bertz CT molecular complexity index is 1090. The van der Waals surface area contributed by atoms with Gasteiger partial charge >= 0.3 is 5.63 Å². The van der Waals surface area contributed by atoms with E-state index in [1.807, 2.05) is 23.1 Å². The van der Waals surface area contributed by atoms with Gasteiger partial charge in [0.15, 0.2) is 6.61 Å². The third-order valence-corrected chi connectivity index (χ3v) is 5.26. The molecule has 1 aromatic heterocycles. The maximum absolute atomic E-state index is 12.4. The number of carbonyl (C=O) groups is 1. The van der Waals surface area contributed by atoms with Crippen LogP contribution in [0.4, 0.5) is 0 Å². The molecule has 6 nitrogen and oxygen atoms in total. The molecule has 0 bridgehead atoms. The fourth-order valence-corrected chi connectivity index (χ4v) is 3.76. The monoisotopic (exact) mass is 381 g/mol. The van der Waals surface area contributed by atoms with Crippen LogP contribution in [0.5, 0.6) is 11.5 Å². The fourth-order valence-electron chi connectivity index (χ4n) is 3.76. The highest BCUT2D eigenvalue weighted by Gasteiger charge is 2.21. The second-order valence-corrected chi connectivity index (χ2v) is 7.33. The van der Waals surface area contributed by atoms with Crippen LogP contribution in [-0.2, 0) is 4.79 Å². The molecule has 146 valence electrons. The van der Waals surface area contributed by atoms with E-state index in [0.717, 1.165) is 36.7 Å². The van der Waals surface area contributed by atoms with Crippen molar-refractivity contribution >= 4 is 27.6 Å². The molecule has 1 aliphatic rings. The number of rotatable bonds is 4. The lowest BCUT2D eigenvalue weighted by Crippen LogP contribution is -2.41. The van der Waals surface area contributed by atoms with E-state index in [1.54, 1.807) is 25.3 Å². The average molecular weight is 381 g/mol. The van der Waals surface area contributed by atoms with Gasteiger partial charge in [-0.15, -0.1) is 0 Å². The Morgan fingerprint density at radius 3 is 2.71 bits per heavy atom. The van der Waals surface area contributed by atoms with Gasteiger partial charge in [0.05, 0.1) is 12.5 Å². The number of carbonyl (C=O) groups excluding carboxylic acids is 1. The zero-order valence-corrected chi connectivity index (χ0v) is 16.1. The van der Waals surface area contributed by atoms with Gasteiger partial charge in [-0.1, -0.05) is 6.92 Å². The highest BCUT2D eigenvalue weighted by Crippen LogP contribution is 2.28. The van der Waals surface area contributed by atoms with Gasteiger partial charge in [-0.3, -0.25) is 4.79 Å². The Kier molecular flexibility index (Phi) is 4.94. The van der Waals surface area contributed by atoms with Crippen LogP contribution in [0.15, 0.2) is 45.6 Å². The van der Waals surface area contributed by atoms with Crippen molar-refractivity contribution in [2.24, 2.45) is 5.92 Å². The summed E-state index contributed by atoms with van der Waals surface area (Å²) in [5, 5.41) is 2.06. The maximum atomic E-state index is 12.4. The molecule has 1 fully saturated rings. The van der Waals surface area contributed by atoms with Gasteiger partial charge in [0.2, 0.25) is 0 Å². The quantitative estimate of drug-likeness (QED) is 0.510. The van der Waals surface area contributed by atoms with Crippen LogP contribution in [0.25, 0.3) is 21.7 Å². The molecular formula is C22H23NO5. The van der Waals surface area contributed by atoms with Crippen molar-refractivity contribution in [3.63, 3.8) is 0 Å². The van der Waals surface area contributed by atoms with E-state index in [9.17, 15) is 9.59 Å². The summed E-state index contributed by atoms with van der Waals surface area (Å²) in [5.74, 6) is 1.62. The van der Waals surface area contributed by atoms with Gasteiger partial charge in [-0.2, -0.15) is 0 Å². The molecule has 1 atom stereocenters. The first-order chi connectivity index (χ1) is 13.5. The van der Waals surface area contributed by atoms with Crippen LogP contribution in [0.1, 0.15) is 19.8 Å². The van der Waals surface area contributed by atoms with Crippen molar-refractivity contribution in [1.82, 2.24) is 4.90 Å². The summed E-state index contributed by atoms with van der Waals surface area (Å²) in [6.07, 6.45) is 2.19. The lowest BCUT2D eigenvalue weighted by atomic mass is 10.0. The summed E-state index contributed by atoms with van der Waals surface area (Å²) in [4.78, 5) is 26.6. The molecule has 28 heavy (non-hydrogen) atoms. The molecule has 0 aliphatic carbocycles. The molecule has 0 N–H and O–H groups in total. The third kappa shape index (κ3) is 3.54. The molecule has 0 spiro atoms. The van der Waals surface area contributed by atoms with E-state index in [1.165, 1.54) is 0 Å². The van der Waals surface area contributed by atoms with E-state index >= 15 is 0 Å². The minimum Gasteiger partial charge on any atom is -0.497 e. The van der Waals surface area contributed by atoms with Gasteiger partial charge in [-0.05, 0) is 49.1 Å². The van der Waals surface area contributed by atoms with Crippen molar-refractivity contribution in [3.05, 3.63) is 46.8 Å². The van der Waals surface area contributed by atoms with Gasteiger partial charge in [0, 0.05) is 29.9 Å². The molecule has 1 aliphatic heterocycles. The smallest absolute Gasteiger partial charge is 0.344 e. The average Bonchev–Trinajstić information content (AvgIpc) is 2.71. The number of ether oxygens (including phenoxy) is 2. The number of benzene rings is 2. The van der Waals surface area contributed by atoms with Gasteiger partial charge in [0.25, 0.3) is 5.91 Å². The molecule has 6 heteroatoms. The first-order valence-corrected chi connectivity index (χ1v) is 9.50. The normalized spacial score (nSPS) is 17.1. The zero-order valence-electron chi connectivity index (χ0n) is 16.1. The number of nitrogens with zero attached hydrogens (tertiary/aromatic N) is 1. The topological polar surface area (TPSA) is 69.0 Å². The zero-order chi connectivity index (χ0) is 19.7. The summed E-state index contributed by atoms with van der Waals surface area (Å²) >= 11 is 0. The lowest BCUT2D eigenvalue weighted by molar-refractivity contribution is -0.135. The Morgan fingerprint density at radius 2 is 1.93 bits per heavy atom. The minimum absolute atomic E-state index is 0.0151. The van der Waals surface area contributed by atoms with E-state index in [-0.39, 0.29) is 12.5 Å². The summed E-state index contributed by atoms with van der Waals surface area (Å²) in [6.45, 7) is 3.71. The number of hydrogen-bond donors (Lipinski definition) is 0. The van der Waals surface area contributed by atoms with Crippen LogP contribution < -0.4 is 15.1 Å². The SMILES string of the molecule is COc1ccc2c(c1)c(=O)oc1cc(OCC(=O)N3CCC[C@H](C)C3)ccc12. The van der Waals surface area contributed by atoms with Crippen molar-refractivity contribution in [3.8, 4) is 11.5 Å². The fraction of sp³-hybridized carbons (Fsp3) is 0.364. The Morgan fingerprint density at radius 1 is 1.14 bits per heavy atom. The Hall–Kier alpha value is -3.02. The first kappa shape index (κ1) is 18.3. The standard InChI is InChI=1S/C22H23NO5/c1-14-4-3-9-23(12-14)21(24)13-27-16-6-8-18-17-7-5-15(26-2)10-19(17)22(25)28-20(18)11-16/h5-8,10-11,14H,3-4,9,12-13H2,1-2H3/t14-/m0/s1. The number of amides is 1. The maximum Gasteiger partial charge on any atom is 0.344 e. The number of methoxy groups -OCH3 is 1. The molecule has 2 aromatic carbocycles. The number of likely N-dealkylation sites (tertiary alicyclic amines) is 1. The summed E-state index contributed by atoms with van der Waals surface area (Å²) in [7, 11) is 1.55. The summed E-state index contributed by atoms with van der Waals surface area (Å²) in [6, 6.07) is 10.6. The molecule has 2 heterocycles. The van der Waals surface area contributed by atoms with Crippen LogP contribution in [0.2, 0.25) is 0 Å². The highest BCUT2D eigenvalue weighted by atomic mass is 16.5. The van der Waals surface area contributed by atoms with Crippen LogP contribution in [0.3, 0.4) is 0 Å². The number of piperidine rings is 1. The van der Waals surface area contributed by atoms with Crippen LogP contribution >= 0.6 is 0 Å².